The van der Waals surface area contributed by atoms with Crippen molar-refractivity contribution in [3.8, 4) is 0 Å². The highest BCUT2D eigenvalue weighted by Crippen LogP contribution is 2.18. The van der Waals surface area contributed by atoms with E-state index in [1.807, 2.05) is 0 Å². The highest BCUT2D eigenvalue weighted by atomic mass is 79.9. The van der Waals surface area contributed by atoms with Gasteiger partial charge in [-0.1, -0.05) is 11.6 Å². The van der Waals surface area contributed by atoms with Gasteiger partial charge in [0.25, 0.3) is 5.91 Å². The molecule has 2 aromatic rings. The Morgan fingerprint density at radius 2 is 2.18 bits per heavy atom. The van der Waals surface area contributed by atoms with Crippen molar-refractivity contribution in [2.75, 3.05) is 5.32 Å². The molecule has 0 spiro atoms. The summed E-state index contributed by atoms with van der Waals surface area (Å²) in [6.45, 7) is 1.76. The van der Waals surface area contributed by atoms with Crippen molar-refractivity contribution in [1.29, 1.82) is 0 Å². The van der Waals surface area contributed by atoms with Crippen LogP contribution < -0.4 is 5.32 Å². The molecule has 4 nitrogen and oxygen atoms in total. The number of aromatic nitrogens is 1. The first-order chi connectivity index (χ1) is 8.06. The Kier molecular flexibility index (Phi) is 3.49. The van der Waals surface area contributed by atoms with Crippen molar-refractivity contribution < 1.29 is 9.21 Å². The van der Waals surface area contributed by atoms with E-state index in [2.05, 4.69) is 26.2 Å². The van der Waals surface area contributed by atoms with Crippen LogP contribution in [0, 0.1) is 6.92 Å². The first kappa shape index (κ1) is 12.1. The van der Waals surface area contributed by atoms with Crippen molar-refractivity contribution >= 4 is 39.1 Å². The van der Waals surface area contributed by atoms with Crippen molar-refractivity contribution in [1.82, 2.24) is 4.98 Å². The minimum atomic E-state index is -0.331. The normalized spacial score (nSPS) is 10.3. The third-order valence-corrected chi connectivity index (χ3v) is 2.73. The fraction of sp³-hybridized carbons (Fsp3) is 0.0909. The minimum absolute atomic E-state index is 0.228. The van der Waals surface area contributed by atoms with Gasteiger partial charge in [0.1, 0.15) is 5.15 Å². The van der Waals surface area contributed by atoms with Crippen LogP contribution in [0.15, 0.2) is 33.4 Å². The van der Waals surface area contributed by atoms with Crippen molar-refractivity contribution in [2.24, 2.45) is 0 Å². The van der Waals surface area contributed by atoms with Gasteiger partial charge in [-0.05, 0) is 47.1 Å². The fourth-order valence-electron chi connectivity index (χ4n) is 1.28. The van der Waals surface area contributed by atoms with Crippen LogP contribution in [0.2, 0.25) is 5.15 Å². The van der Waals surface area contributed by atoms with Gasteiger partial charge in [0.15, 0.2) is 10.4 Å². The molecule has 17 heavy (non-hydrogen) atoms. The number of amides is 1. The van der Waals surface area contributed by atoms with Crippen LogP contribution >= 0.6 is 27.5 Å². The summed E-state index contributed by atoms with van der Waals surface area (Å²) in [4.78, 5) is 15.8. The molecule has 0 aliphatic rings. The SMILES string of the molecule is Cc1nc(Cl)ccc1NC(=O)c1ccc(Br)o1. The fourth-order valence-corrected chi connectivity index (χ4v) is 1.78. The molecule has 0 unspecified atom stereocenters. The number of nitrogens with one attached hydrogen (secondary N) is 1. The number of pyridine rings is 1. The number of halogens is 2. The Balaban J connectivity index is 2.18. The minimum Gasteiger partial charge on any atom is -0.444 e. The quantitative estimate of drug-likeness (QED) is 0.861. The molecule has 88 valence electrons. The van der Waals surface area contributed by atoms with Gasteiger partial charge in [-0.15, -0.1) is 0 Å². The maximum atomic E-state index is 11.8. The second-order valence-electron chi connectivity index (χ2n) is 3.32. The Morgan fingerprint density at radius 1 is 1.41 bits per heavy atom. The van der Waals surface area contributed by atoms with E-state index in [4.69, 9.17) is 16.0 Å². The predicted octanol–water partition coefficient (Wildman–Crippen LogP) is 3.65. The van der Waals surface area contributed by atoms with E-state index in [1.165, 1.54) is 0 Å². The van der Waals surface area contributed by atoms with E-state index >= 15 is 0 Å². The van der Waals surface area contributed by atoms with Crippen molar-refractivity contribution in [3.63, 3.8) is 0 Å². The zero-order chi connectivity index (χ0) is 12.4. The van der Waals surface area contributed by atoms with Crippen LogP contribution in [0.25, 0.3) is 0 Å². The molecule has 0 saturated heterocycles. The number of aryl methyl sites for hydroxylation is 1. The first-order valence-corrected chi connectivity index (χ1v) is 5.93. The molecule has 0 bridgehead atoms. The van der Waals surface area contributed by atoms with E-state index in [-0.39, 0.29) is 11.7 Å². The molecule has 0 saturated carbocycles. The van der Waals surface area contributed by atoms with Gasteiger partial charge in [0.05, 0.1) is 11.4 Å². The number of carbonyl (C=O) groups is 1. The monoisotopic (exact) mass is 314 g/mol. The summed E-state index contributed by atoms with van der Waals surface area (Å²) < 4.78 is 5.65. The van der Waals surface area contributed by atoms with E-state index in [1.54, 1.807) is 31.2 Å². The van der Waals surface area contributed by atoms with E-state index < -0.39 is 0 Å². The van der Waals surface area contributed by atoms with Crippen LogP contribution in [0.5, 0.6) is 0 Å². The third-order valence-electron chi connectivity index (χ3n) is 2.10. The van der Waals surface area contributed by atoms with Gasteiger partial charge in [0.2, 0.25) is 0 Å². The van der Waals surface area contributed by atoms with Gasteiger partial charge in [-0.3, -0.25) is 4.79 Å². The Bertz CT molecular complexity index is 568. The number of anilines is 1. The summed E-state index contributed by atoms with van der Waals surface area (Å²) >= 11 is 8.86. The van der Waals surface area contributed by atoms with Crippen molar-refractivity contribution in [2.45, 2.75) is 6.92 Å². The maximum absolute atomic E-state index is 11.8. The highest BCUT2D eigenvalue weighted by Gasteiger charge is 2.12. The molecule has 1 N–H and O–H groups in total. The van der Waals surface area contributed by atoms with Gasteiger partial charge >= 0.3 is 0 Å². The largest absolute Gasteiger partial charge is 0.444 e. The van der Waals surface area contributed by atoms with Crippen molar-refractivity contribution in [3.05, 3.63) is 45.5 Å². The average molecular weight is 316 g/mol. The second-order valence-corrected chi connectivity index (χ2v) is 4.49. The molecule has 0 aromatic carbocycles. The third kappa shape index (κ3) is 2.87. The maximum Gasteiger partial charge on any atom is 0.291 e. The summed E-state index contributed by atoms with van der Waals surface area (Å²) in [5.74, 6) is -0.103. The Labute approximate surface area is 111 Å². The standard InChI is InChI=1S/C11H8BrClN2O2/c1-6-7(2-5-10(13)14-6)15-11(16)8-3-4-9(12)17-8/h2-5H,1H3,(H,15,16). The topological polar surface area (TPSA) is 55.1 Å². The van der Waals surface area contributed by atoms with Crippen LogP contribution in [0.1, 0.15) is 16.2 Å². The molecule has 2 aromatic heterocycles. The smallest absolute Gasteiger partial charge is 0.291 e. The molecule has 2 rings (SSSR count). The lowest BCUT2D eigenvalue weighted by Gasteiger charge is -2.06. The lowest BCUT2D eigenvalue weighted by molar-refractivity contribution is 0.0995. The summed E-state index contributed by atoms with van der Waals surface area (Å²) in [7, 11) is 0. The average Bonchev–Trinajstić information content (AvgIpc) is 2.69. The van der Waals surface area contributed by atoms with Gasteiger partial charge in [0, 0.05) is 0 Å². The van der Waals surface area contributed by atoms with Gasteiger partial charge in [-0.2, -0.15) is 0 Å². The number of carbonyl (C=O) groups excluding carboxylic acids is 1. The molecule has 0 aliphatic heterocycles. The molecular formula is C11H8BrClN2O2. The van der Waals surface area contributed by atoms with Crippen LogP contribution in [-0.4, -0.2) is 10.9 Å². The molecular weight excluding hydrogens is 307 g/mol. The molecule has 0 fully saturated rings. The second kappa shape index (κ2) is 4.89. The van der Waals surface area contributed by atoms with E-state index in [0.29, 0.717) is 21.2 Å². The summed E-state index contributed by atoms with van der Waals surface area (Å²) in [6.07, 6.45) is 0. The zero-order valence-electron chi connectivity index (χ0n) is 8.83. The molecule has 2 heterocycles. The lowest BCUT2D eigenvalue weighted by atomic mass is 10.3. The summed E-state index contributed by atoms with van der Waals surface area (Å²) in [6, 6.07) is 6.54. The number of furan rings is 1. The molecule has 0 aliphatic carbocycles. The van der Waals surface area contributed by atoms with Crippen LogP contribution in [-0.2, 0) is 0 Å². The highest BCUT2D eigenvalue weighted by molar-refractivity contribution is 9.10. The number of hydrogen-bond donors (Lipinski definition) is 1. The number of rotatable bonds is 2. The van der Waals surface area contributed by atoms with E-state index in [0.717, 1.165) is 0 Å². The Morgan fingerprint density at radius 3 is 2.76 bits per heavy atom. The zero-order valence-corrected chi connectivity index (χ0v) is 11.2. The molecule has 0 atom stereocenters. The number of hydrogen-bond acceptors (Lipinski definition) is 3. The van der Waals surface area contributed by atoms with E-state index in [9.17, 15) is 4.79 Å². The molecule has 6 heteroatoms. The Hall–Kier alpha value is -1.33. The van der Waals surface area contributed by atoms with Crippen LogP contribution in [0.4, 0.5) is 5.69 Å². The molecule has 1 amide bonds. The van der Waals surface area contributed by atoms with Crippen LogP contribution in [0.3, 0.4) is 0 Å². The van der Waals surface area contributed by atoms with Gasteiger partial charge < -0.3 is 9.73 Å². The summed E-state index contributed by atoms with van der Waals surface area (Å²) in [5.41, 5.74) is 1.25. The first-order valence-electron chi connectivity index (χ1n) is 4.76. The summed E-state index contributed by atoms with van der Waals surface area (Å²) in [5, 5.41) is 3.08. The molecule has 0 radical (unpaired) electrons. The lowest BCUT2D eigenvalue weighted by Crippen LogP contribution is -2.12. The van der Waals surface area contributed by atoms with Gasteiger partial charge in [-0.25, -0.2) is 4.98 Å². The number of nitrogens with zero attached hydrogens (tertiary/aromatic N) is 1. The predicted molar refractivity (Wildman–Crippen MR) is 68.3 cm³/mol.